The van der Waals surface area contributed by atoms with E-state index in [1.165, 1.54) is 12.8 Å². The van der Waals surface area contributed by atoms with Gasteiger partial charge in [0.25, 0.3) is 0 Å². The van der Waals surface area contributed by atoms with E-state index in [0.717, 1.165) is 43.6 Å². The van der Waals surface area contributed by atoms with Crippen LogP contribution >= 0.6 is 11.3 Å². The number of piperidine rings is 1. The van der Waals surface area contributed by atoms with Crippen molar-refractivity contribution in [3.8, 4) is 0 Å². The van der Waals surface area contributed by atoms with Crippen LogP contribution in [0.3, 0.4) is 0 Å². The average molecular weight is 297 g/mol. The maximum atomic E-state index is 5.76. The molecule has 0 bridgehead atoms. The summed E-state index contributed by atoms with van der Waals surface area (Å²) >= 11 is 1.75. The van der Waals surface area contributed by atoms with E-state index in [4.69, 9.17) is 9.72 Å². The topological polar surface area (TPSA) is 37.4 Å². The fraction of sp³-hybridized carbons (Fsp3) is 0.800. The van der Waals surface area contributed by atoms with Crippen molar-refractivity contribution in [3.05, 3.63) is 11.1 Å². The standard InChI is InChI=1S/C15H27N3OS/c1-4-19-14-6-5-7-18(10-14)15-17-13(11-20-15)9-16-8-12(2)3/h11-12,14,16H,4-10H2,1-3H3. The monoisotopic (exact) mass is 297 g/mol. The summed E-state index contributed by atoms with van der Waals surface area (Å²) < 4.78 is 5.76. The molecule has 114 valence electrons. The highest BCUT2D eigenvalue weighted by Gasteiger charge is 2.22. The first-order valence-corrected chi connectivity index (χ1v) is 8.58. The number of hydrogen-bond acceptors (Lipinski definition) is 5. The van der Waals surface area contributed by atoms with Gasteiger partial charge >= 0.3 is 0 Å². The summed E-state index contributed by atoms with van der Waals surface area (Å²) in [6.07, 6.45) is 2.75. The fourth-order valence-electron chi connectivity index (χ4n) is 2.50. The van der Waals surface area contributed by atoms with E-state index in [1.807, 2.05) is 0 Å². The summed E-state index contributed by atoms with van der Waals surface area (Å²) in [4.78, 5) is 7.13. The summed E-state index contributed by atoms with van der Waals surface area (Å²) in [7, 11) is 0. The van der Waals surface area contributed by atoms with E-state index in [1.54, 1.807) is 11.3 Å². The van der Waals surface area contributed by atoms with Crippen LogP contribution in [0.25, 0.3) is 0 Å². The summed E-state index contributed by atoms with van der Waals surface area (Å²) in [6, 6.07) is 0. The molecule has 0 saturated carbocycles. The maximum Gasteiger partial charge on any atom is 0.185 e. The van der Waals surface area contributed by atoms with Crippen LogP contribution in [0.2, 0.25) is 0 Å². The van der Waals surface area contributed by atoms with Gasteiger partial charge in [0.15, 0.2) is 5.13 Å². The van der Waals surface area contributed by atoms with Crippen LogP contribution in [0, 0.1) is 5.92 Å². The van der Waals surface area contributed by atoms with Gasteiger partial charge in [-0.2, -0.15) is 0 Å². The molecule has 20 heavy (non-hydrogen) atoms. The van der Waals surface area contributed by atoms with Crippen molar-refractivity contribution in [2.45, 2.75) is 46.3 Å². The second kappa shape index (κ2) is 7.96. The Morgan fingerprint density at radius 3 is 3.15 bits per heavy atom. The van der Waals surface area contributed by atoms with Gasteiger partial charge in [0.2, 0.25) is 0 Å². The third kappa shape index (κ3) is 4.72. The van der Waals surface area contributed by atoms with Crippen LogP contribution in [-0.4, -0.2) is 37.3 Å². The van der Waals surface area contributed by atoms with Crippen molar-refractivity contribution in [2.75, 3.05) is 31.1 Å². The second-order valence-corrected chi connectivity index (χ2v) is 6.65. The Bertz CT molecular complexity index is 392. The molecule has 1 saturated heterocycles. The Hall–Kier alpha value is -0.650. The molecule has 1 unspecified atom stereocenters. The van der Waals surface area contributed by atoms with E-state index in [0.29, 0.717) is 12.0 Å². The lowest BCUT2D eigenvalue weighted by molar-refractivity contribution is 0.0526. The number of rotatable bonds is 7. The predicted molar refractivity (Wildman–Crippen MR) is 85.5 cm³/mol. The highest BCUT2D eigenvalue weighted by Crippen LogP contribution is 2.25. The molecule has 4 nitrogen and oxygen atoms in total. The number of hydrogen-bond donors (Lipinski definition) is 1. The van der Waals surface area contributed by atoms with Crippen molar-refractivity contribution < 1.29 is 4.74 Å². The predicted octanol–water partition coefficient (Wildman–Crippen LogP) is 2.89. The zero-order valence-electron chi connectivity index (χ0n) is 12.9. The van der Waals surface area contributed by atoms with Crippen molar-refractivity contribution in [2.24, 2.45) is 5.92 Å². The van der Waals surface area contributed by atoms with E-state index in [9.17, 15) is 0 Å². The summed E-state index contributed by atoms with van der Waals surface area (Å²) in [6.45, 7) is 11.3. The molecular weight excluding hydrogens is 270 g/mol. The van der Waals surface area contributed by atoms with Crippen LogP contribution < -0.4 is 10.2 Å². The van der Waals surface area contributed by atoms with Crippen LogP contribution in [-0.2, 0) is 11.3 Å². The lowest BCUT2D eigenvalue weighted by atomic mass is 10.1. The van der Waals surface area contributed by atoms with Crippen LogP contribution in [0.4, 0.5) is 5.13 Å². The van der Waals surface area contributed by atoms with Gasteiger partial charge in [-0.05, 0) is 32.2 Å². The Morgan fingerprint density at radius 2 is 2.40 bits per heavy atom. The summed E-state index contributed by atoms with van der Waals surface area (Å²) in [5.41, 5.74) is 1.16. The molecule has 0 spiro atoms. The van der Waals surface area contributed by atoms with Gasteiger partial charge in [0, 0.05) is 31.6 Å². The number of thiazole rings is 1. The molecule has 2 rings (SSSR count). The molecule has 2 heterocycles. The highest BCUT2D eigenvalue weighted by atomic mass is 32.1. The minimum Gasteiger partial charge on any atom is -0.377 e. The van der Waals surface area contributed by atoms with Crippen molar-refractivity contribution in [1.29, 1.82) is 0 Å². The highest BCUT2D eigenvalue weighted by molar-refractivity contribution is 7.13. The molecule has 0 amide bonds. The quantitative estimate of drug-likeness (QED) is 0.840. The van der Waals surface area contributed by atoms with Crippen molar-refractivity contribution >= 4 is 16.5 Å². The van der Waals surface area contributed by atoms with E-state index >= 15 is 0 Å². The number of nitrogens with one attached hydrogen (secondary N) is 1. The minimum atomic E-state index is 0.375. The van der Waals surface area contributed by atoms with E-state index < -0.39 is 0 Å². The minimum absolute atomic E-state index is 0.375. The first kappa shape index (κ1) is 15.7. The normalized spacial score (nSPS) is 19.8. The molecule has 0 radical (unpaired) electrons. The molecule has 0 aliphatic carbocycles. The molecule has 1 aliphatic rings. The van der Waals surface area contributed by atoms with Crippen molar-refractivity contribution in [1.82, 2.24) is 10.3 Å². The van der Waals surface area contributed by atoms with Gasteiger partial charge in [-0.15, -0.1) is 11.3 Å². The molecule has 1 aromatic rings. The third-order valence-electron chi connectivity index (χ3n) is 3.45. The second-order valence-electron chi connectivity index (χ2n) is 5.81. The van der Waals surface area contributed by atoms with Crippen molar-refractivity contribution in [3.63, 3.8) is 0 Å². The molecule has 1 fully saturated rings. The van der Waals surface area contributed by atoms with Gasteiger partial charge in [0.1, 0.15) is 0 Å². The lowest BCUT2D eigenvalue weighted by Gasteiger charge is -2.32. The lowest BCUT2D eigenvalue weighted by Crippen LogP contribution is -2.39. The largest absolute Gasteiger partial charge is 0.377 e. The molecular formula is C15H27N3OS. The van der Waals surface area contributed by atoms with Crippen LogP contribution in [0.1, 0.15) is 39.3 Å². The first-order valence-electron chi connectivity index (χ1n) is 7.70. The molecule has 5 heteroatoms. The Morgan fingerprint density at radius 1 is 1.55 bits per heavy atom. The van der Waals surface area contributed by atoms with Crippen LogP contribution in [0.5, 0.6) is 0 Å². The van der Waals surface area contributed by atoms with Gasteiger partial charge in [-0.3, -0.25) is 0 Å². The zero-order valence-corrected chi connectivity index (χ0v) is 13.7. The zero-order chi connectivity index (χ0) is 14.4. The number of anilines is 1. The van der Waals surface area contributed by atoms with Gasteiger partial charge in [-0.1, -0.05) is 13.8 Å². The number of nitrogens with zero attached hydrogens (tertiary/aromatic N) is 2. The molecule has 1 atom stereocenters. The van der Waals surface area contributed by atoms with E-state index in [-0.39, 0.29) is 0 Å². The Kier molecular flexibility index (Phi) is 6.26. The van der Waals surface area contributed by atoms with Crippen LogP contribution in [0.15, 0.2) is 5.38 Å². The molecule has 0 aromatic carbocycles. The Labute approximate surface area is 126 Å². The fourth-order valence-corrected chi connectivity index (χ4v) is 3.36. The average Bonchev–Trinajstić information content (AvgIpc) is 2.88. The maximum absolute atomic E-state index is 5.76. The van der Waals surface area contributed by atoms with Gasteiger partial charge in [0.05, 0.1) is 11.8 Å². The smallest absolute Gasteiger partial charge is 0.185 e. The van der Waals surface area contributed by atoms with E-state index in [2.05, 4.69) is 36.4 Å². The molecule has 1 aromatic heterocycles. The van der Waals surface area contributed by atoms with Gasteiger partial charge in [-0.25, -0.2) is 4.98 Å². The third-order valence-corrected chi connectivity index (χ3v) is 4.40. The first-order chi connectivity index (χ1) is 9.69. The summed E-state index contributed by atoms with van der Waals surface area (Å²) in [5, 5.41) is 6.77. The number of aromatic nitrogens is 1. The molecule has 1 N–H and O–H groups in total. The van der Waals surface area contributed by atoms with Gasteiger partial charge < -0.3 is 15.0 Å². The summed E-state index contributed by atoms with van der Waals surface area (Å²) in [5.74, 6) is 0.683. The molecule has 1 aliphatic heterocycles. The Balaban J connectivity index is 1.84. The number of ether oxygens (including phenoxy) is 1. The SMILES string of the molecule is CCOC1CCCN(c2nc(CNCC(C)C)cs2)C1.